The number of nitrogens with one attached hydrogen (secondary N) is 1. The number of nitrogens with zero attached hydrogens (tertiary/aromatic N) is 2. The quantitative estimate of drug-likeness (QED) is 0.857. The first-order valence-electron chi connectivity index (χ1n) is 7.33. The summed E-state index contributed by atoms with van der Waals surface area (Å²) in [5, 5.41) is 3.98. The van der Waals surface area contributed by atoms with Crippen molar-refractivity contribution in [2.75, 3.05) is 23.3 Å². The first-order valence-corrected chi connectivity index (χ1v) is 8.14. The smallest absolute Gasteiger partial charge is 0.225 e. The van der Waals surface area contributed by atoms with E-state index in [1.54, 1.807) is 11.3 Å². The van der Waals surface area contributed by atoms with Crippen molar-refractivity contribution < 1.29 is 4.79 Å². The van der Waals surface area contributed by atoms with Gasteiger partial charge in [-0.05, 0) is 38.0 Å². The lowest BCUT2D eigenvalue weighted by molar-refractivity contribution is -0.116. The number of hydrogen-bond donors (Lipinski definition) is 2. The maximum atomic E-state index is 11.8. The first-order chi connectivity index (χ1) is 10.1. The standard InChI is InChI=1S/C15H20N4OS.2ClH/c1-10(16)8-14(20)17-11-4-5-12-13(9-11)21-15(18-12)19-6-2-3-7-19;;/h4-5,9-10H,2-3,6-8,16H2,1H3,(H,17,20);2*1H. The molecule has 0 radical (unpaired) electrons. The minimum Gasteiger partial charge on any atom is -0.348 e. The zero-order valence-electron chi connectivity index (χ0n) is 12.9. The molecule has 128 valence electrons. The molecule has 1 aromatic carbocycles. The third kappa shape index (κ3) is 4.94. The van der Waals surface area contributed by atoms with Gasteiger partial charge in [0, 0.05) is 31.2 Å². The summed E-state index contributed by atoms with van der Waals surface area (Å²) < 4.78 is 1.11. The van der Waals surface area contributed by atoms with Gasteiger partial charge in [-0.15, -0.1) is 24.8 Å². The summed E-state index contributed by atoms with van der Waals surface area (Å²) in [4.78, 5) is 18.8. The first kappa shape index (κ1) is 20.0. The number of amides is 1. The van der Waals surface area contributed by atoms with Crippen LogP contribution in [0, 0.1) is 0 Å². The fraction of sp³-hybridized carbons (Fsp3) is 0.467. The van der Waals surface area contributed by atoms with Crippen LogP contribution in [0.5, 0.6) is 0 Å². The zero-order chi connectivity index (χ0) is 14.8. The van der Waals surface area contributed by atoms with Gasteiger partial charge in [0.25, 0.3) is 0 Å². The van der Waals surface area contributed by atoms with Crippen molar-refractivity contribution in [3.8, 4) is 0 Å². The van der Waals surface area contributed by atoms with Crippen LogP contribution in [0.1, 0.15) is 26.2 Å². The van der Waals surface area contributed by atoms with Gasteiger partial charge < -0.3 is 16.0 Å². The number of aromatic nitrogens is 1. The molecule has 8 heteroatoms. The van der Waals surface area contributed by atoms with E-state index in [4.69, 9.17) is 5.73 Å². The monoisotopic (exact) mass is 376 g/mol. The van der Waals surface area contributed by atoms with E-state index in [-0.39, 0.29) is 36.8 Å². The summed E-state index contributed by atoms with van der Waals surface area (Å²) in [6, 6.07) is 5.73. The number of anilines is 2. The summed E-state index contributed by atoms with van der Waals surface area (Å²) in [6.07, 6.45) is 2.82. The van der Waals surface area contributed by atoms with E-state index >= 15 is 0 Å². The molecule has 2 heterocycles. The number of thiazole rings is 1. The Morgan fingerprint density at radius 1 is 1.39 bits per heavy atom. The molecular weight excluding hydrogens is 355 g/mol. The van der Waals surface area contributed by atoms with Crippen LogP contribution in [0.4, 0.5) is 10.8 Å². The summed E-state index contributed by atoms with van der Waals surface area (Å²) >= 11 is 1.69. The maximum absolute atomic E-state index is 11.8. The molecule has 1 aromatic heterocycles. The van der Waals surface area contributed by atoms with E-state index in [1.807, 2.05) is 25.1 Å². The largest absolute Gasteiger partial charge is 0.348 e. The Morgan fingerprint density at radius 3 is 2.74 bits per heavy atom. The van der Waals surface area contributed by atoms with Crippen molar-refractivity contribution >= 4 is 63.1 Å². The van der Waals surface area contributed by atoms with E-state index < -0.39 is 0 Å². The molecule has 3 rings (SSSR count). The summed E-state index contributed by atoms with van der Waals surface area (Å²) in [6.45, 7) is 4.02. The molecular formula is C15H22Cl2N4OS. The van der Waals surface area contributed by atoms with Gasteiger partial charge in [0.1, 0.15) is 0 Å². The Balaban J connectivity index is 0.00000132. The minimum atomic E-state index is -0.126. The van der Waals surface area contributed by atoms with Gasteiger partial charge in [0.15, 0.2) is 5.13 Å². The highest BCUT2D eigenvalue weighted by molar-refractivity contribution is 7.22. The van der Waals surface area contributed by atoms with Crippen LogP contribution in [-0.2, 0) is 4.79 Å². The number of nitrogens with two attached hydrogens (primary N) is 1. The van der Waals surface area contributed by atoms with E-state index in [9.17, 15) is 4.79 Å². The lowest BCUT2D eigenvalue weighted by Crippen LogP contribution is -2.23. The molecule has 23 heavy (non-hydrogen) atoms. The Morgan fingerprint density at radius 2 is 2.09 bits per heavy atom. The molecule has 0 spiro atoms. The molecule has 1 saturated heterocycles. The number of rotatable bonds is 4. The molecule has 2 aromatic rings. The normalized spacial score (nSPS) is 15.0. The molecule has 1 atom stereocenters. The second kappa shape index (κ2) is 8.68. The van der Waals surface area contributed by atoms with Crippen molar-refractivity contribution in [3.63, 3.8) is 0 Å². The molecule has 5 nitrogen and oxygen atoms in total. The molecule has 1 aliphatic rings. The van der Waals surface area contributed by atoms with Crippen LogP contribution in [0.15, 0.2) is 18.2 Å². The predicted molar refractivity (Wildman–Crippen MR) is 102 cm³/mol. The molecule has 1 unspecified atom stereocenters. The Hall–Kier alpha value is -1.08. The van der Waals surface area contributed by atoms with Gasteiger partial charge in [-0.3, -0.25) is 4.79 Å². The summed E-state index contributed by atoms with van der Waals surface area (Å²) in [5.74, 6) is -0.0476. The van der Waals surface area contributed by atoms with E-state index in [2.05, 4.69) is 15.2 Å². The summed E-state index contributed by atoms with van der Waals surface area (Å²) in [7, 11) is 0. The highest BCUT2D eigenvalue weighted by atomic mass is 35.5. The Labute approximate surface area is 152 Å². The highest BCUT2D eigenvalue weighted by Crippen LogP contribution is 2.32. The van der Waals surface area contributed by atoms with E-state index in [0.29, 0.717) is 6.42 Å². The van der Waals surface area contributed by atoms with Crippen molar-refractivity contribution in [2.24, 2.45) is 5.73 Å². The van der Waals surface area contributed by atoms with Gasteiger partial charge in [-0.25, -0.2) is 4.98 Å². The lowest BCUT2D eigenvalue weighted by Gasteiger charge is -2.11. The molecule has 0 aliphatic carbocycles. The van der Waals surface area contributed by atoms with Crippen molar-refractivity contribution in [1.29, 1.82) is 0 Å². The molecule has 1 fully saturated rings. The van der Waals surface area contributed by atoms with E-state index in [0.717, 1.165) is 34.1 Å². The van der Waals surface area contributed by atoms with Crippen LogP contribution in [0.3, 0.4) is 0 Å². The molecule has 0 saturated carbocycles. The third-order valence-corrected chi connectivity index (χ3v) is 4.62. The van der Waals surface area contributed by atoms with E-state index in [1.165, 1.54) is 12.8 Å². The fourth-order valence-electron chi connectivity index (χ4n) is 2.54. The molecule has 1 aliphatic heterocycles. The Bertz CT molecular complexity index is 656. The zero-order valence-corrected chi connectivity index (χ0v) is 15.4. The number of hydrogen-bond acceptors (Lipinski definition) is 5. The van der Waals surface area contributed by atoms with Gasteiger partial charge in [-0.1, -0.05) is 11.3 Å². The van der Waals surface area contributed by atoms with Gasteiger partial charge >= 0.3 is 0 Å². The predicted octanol–water partition coefficient (Wildman–Crippen LogP) is 3.42. The van der Waals surface area contributed by atoms with Crippen molar-refractivity contribution in [1.82, 2.24) is 4.98 Å². The molecule has 0 bridgehead atoms. The Kier molecular flexibility index (Phi) is 7.54. The molecule has 1 amide bonds. The summed E-state index contributed by atoms with van der Waals surface area (Å²) in [5.41, 5.74) is 7.44. The second-order valence-corrected chi connectivity index (χ2v) is 6.61. The molecule has 3 N–H and O–H groups in total. The second-order valence-electron chi connectivity index (χ2n) is 5.60. The van der Waals surface area contributed by atoms with Crippen LogP contribution >= 0.6 is 36.2 Å². The number of benzene rings is 1. The number of halogens is 2. The fourth-order valence-corrected chi connectivity index (χ4v) is 3.59. The van der Waals surface area contributed by atoms with Gasteiger partial charge in [-0.2, -0.15) is 0 Å². The van der Waals surface area contributed by atoms with Crippen LogP contribution in [-0.4, -0.2) is 30.0 Å². The third-order valence-electron chi connectivity index (χ3n) is 3.54. The average molecular weight is 377 g/mol. The maximum Gasteiger partial charge on any atom is 0.225 e. The highest BCUT2D eigenvalue weighted by Gasteiger charge is 2.16. The van der Waals surface area contributed by atoms with Crippen LogP contribution in [0.25, 0.3) is 10.2 Å². The van der Waals surface area contributed by atoms with Crippen molar-refractivity contribution in [2.45, 2.75) is 32.2 Å². The van der Waals surface area contributed by atoms with Gasteiger partial charge in [0.2, 0.25) is 5.91 Å². The number of fused-ring (bicyclic) bond motifs is 1. The van der Waals surface area contributed by atoms with Gasteiger partial charge in [0.05, 0.1) is 10.2 Å². The topological polar surface area (TPSA) is 71.2 Å². The van der Waals surface area contributed by atoms with Crippen LogP contribution in [0.2, 0.25) is 0 Å². The SMILES string of the molecule is CC(N)CC(=O)Nc1ccc2nc(N3CCCC3)sc2c1.Cl.Cl. The van der Waals surface area contributed by atoms with Crippen molar-refractivity contribution in [3.05, 3.63) is 18.2 Å². The lowest BCUT2D eigenvalue weighted by atomic mass is 10.2. The number of carbonyl (C=O) groups is 1. The minimum absolute atomic E-state index is 0. The number of carbonyl (C=O) groups excluding carboxylic acids is 1. The average Bonchev–Trinajstić information content (AvgIpc) is 3.05. The van der Waals surface area contributed by atoms with Crippen LogP contribution < -0.4 is 16.0 Å².